The number of benzene rings is 6. The van der Waals surface area contributed by atoms with Crippen LogP contribution in [-0.4, -0.2) is 0 Å². The van der Waals surface area contributed by atoms with E-state index >= 15 is 0 Å². The SMILES string of the molecule is CC.CC.CC1(C)c2c(ccc3cc4ccccc4cc23)-c2c1c1ccccc1c1ccccc21. The second-order valence-corrected chi connectivity index (χ2v) is 9.37. The van der Waals surface area contributed by atoms with Crippen LogP contribution in [0.15, 0.2) is 97.1 Å². The Morgan fingerprint density at radius 3 is 1.60 bits per heavy atom. The van der Waals surface area contributed by atoms with Crippen LogP contribution in [0.25, 0.3) is 54.2 Å². The molecule has 0 nitrogen and oxygen atoms in total. The normalized spacial score (nSPS) is 13.1. The molecular weight excluding hydrogens is 420 g/mol. The number of rotatable bonds is 0. The Hall–Kier alpha value is -3.64. The molecule has 35 heavy (non-hydrogen) atoms. The van der Waals surface area contributed by atoms with E-state index in [4.69, 9.17) is 0 Å². The Morgan fingerprint density at radius 2 is 0.943 bits per heavy atom. The van der Waals surface area contributed by atoms with E-state index in [-0.39, 0.29) is 5.41 Å². The molecule has 1 aliphatic carbocycles. The van der Waals surface area contributed by atoms with Gasteiger partial charge in [0.15, 0.2) is 0 Å². The molecule has 0 spiro atoms. The van der Waals surface area contributed by atoms with Crippen molar-refractivity contribution in [3.05, 3.63) is 108 Å². The molecule has 0 aliphatic heterocycles. The smallest absolute Gasteiger partial charge is 0.0171 e. The van der Waals surface area contributed by atoms with Gasteiger partial charge in [0.25, 0.3) is 0 Å². The van der Waals surface area contributed by atoms with Gasteiger partial charge in [0.1, 0.15) is 0 Å². The van der Waals surface area contributed by atoms with Gasteiger partial charge in [0.05, 0.1) is 0 Å². The molecule has 0 unspecified atom stereocenters. The van der Waals surface area contributed by atoms with Crippen LogP contribution in [0.2, 0.25) is 0 Å². The van der Waals surface area contributed by atoms with Crippen molar-refractivity contribution >= 4 is 43.1 Å². The highest BCUT2D eigenvalue weighted by Gasteiger charge is 2.39. The van der Waals surface area contributed by atoms with E-state index in [1.54, 1.807) is 0 Å². The minimum atomic E-state index is -0.0731. The monoisotopic (exact) mass is 454 g/mol. The third-order valence-electron chi connectivity index (χ3n) is 7.34. The van der Waals surface area contributed by atoms with Crippen molar-refractivity contribution in [2.24, 2.45) is 0 Å². The second-order valence-electron chi connectivity index (χ2n) is 9.37. The lowest BCUT2D eigenvalue weighted by molar-refractivity contribution is 0.672. The fourth-order valence-electron chi connectivity index (χ4n) is 6.09. The van der Waals surface area contributed by atoms with E-state index in [2.05, 4.69) is 111 Å². The fourth-order valence-corrected chi connectivity index (χ4v) is 6.09. The maximum absolute atomic E-state index is 2.41. The van der Waals surface area contributed by atoms with Crippen LogP contribution >= 0.6 is 0 Å². The highest BCUT2D eigenvalue weighted by molar-refractivity contribution is 6.19. The highest BCUT2D eigenvalue weighted by atomic mass is 14.4. The van der Waals surface area contributed by atoms with E-state index < -0.39 is 0 Å². The van der Waals surface area contributed by atoms with Crippen molar-refractivity contribution in [1.82, 2.24) is 0 Å². The van der Waals surface area contributed by atoms with Gasteiger partial charge in [-0.05, 0) is 77.5 Å². The Morgan fingerprint density at radius 1 is 0.429 bits per heavy atom. The summed E-state index contributed by atoms with van der Waals surface area (Å²) >= 11 is 0. The van der Waals surface area contributed by atoms with Crippen LogP contribution in [0.5, 0.6) is 0 Å². The molecule has 0 aromatic heterocycles. The molecule has 174 valence electrons. The predicted molar refractivity (Wildman–Crippen MR) is 157 cm³/mol. The van der Waals surface area contributed by atoms with Gasteiger partial charge in [-0.15, -0.1) is 0 Å². The van der Waals surface area contributed by atoms with Gasteiger partial charge in [-0.3, -0.25) is 0 Å². The summed E-state index contributed by atoms with van der Waals surface area (Å²) in [5, 5.41) is 10.8. The lowest BCUT2D eigenvalue weighted by Gasteiger charge is -2.25. The van der Waals surface area contributed by atoms with Crippen LogP contribution in [0, 0.1) is 0 Å². The molecule has 0 heterocycles. The van der Waals surface area contributed by atoms with Crippen molar-refractivity contribution in [3.63, 3.8) is 0 Å². The number of hydrogen-bond acceptors (Lipinski definition) is 0. The summed E-state index contributed by atoms with van der Waals surface area (Å²) < 4.78 is 0. The first-order chi connectivity index (χ1) is 17.1. The largest absolute Gasteiger partial charge is 0.0683 e. The van der Waals surface area contributed by atoms with E-state index in [9.17, 15) is 0 Å². The first-order valence-corrected chi connectivity index (χ1v) is 13.0. The Labute approximate surface area is 209 Å². The fraction of sp³-hybridized carbons (Fsp3) is 0.200. The van der Waals surface area contributed by atoms with Crippen LogP contribution in [0.4, 0.5) is 0 Å². The number of hydrogen-bond donors (Lipinski definition) is 0. The third-order valence-corrected chi connectivity index (χ3v) is 7.34. The van der Waals surface area contributed by atoms with Gasteiger partial charge in [-0.1, -0.05) is 126 Å². The zero-order valence-corrected chi connectivity index (χ0v) is 21.7. The van der Waals surface area contributed by atoms with Gasteiger partial charge in [-0.25, -0.2) is 0 Å². The number of fused-ring (bicyclic) bond motifs is 11. The van der Waals surface area contributed by atoms with E-state index in [0.717, 1.165) is 0 Å². The Bertz CT molecular complexity index is 1700. The molecule has 0 radical (unpaired) electrons. The minimum Gasteiger partial charge on any atom is -0.0683 e. The van der Waals surface area contributed by atoms with Crippen molar-refractivity contribution < 1.29 is 0 Å². The van der Waals surface area contributed by atoms with Gasteiger partial charge in [-0.2, -0.15) is 0 Å². The zero-order chi connectivity index (χ0) is 24.7. The molecule has 0 heteroatoms. The molecule has 6 aromatic carbocycles. The molecule has 0 saturated carbocycles. The molecule has 0 atom stereocenters. The highest BCUT2D eigenvalue weighted by Crippen LogP contribution is 2.56. The molecule has 7 rings (SSSR count). The molecule has 6 aromatic rings. The van der Waals surface area contributed by atoms with Crippen LogP contribution in [-0.2, 0) is 5.41 Å². The first-order valence-electron chi connectivity index (χ1n) is 13.0. The molecule has 0 bridgehead atoms. The molecule has 0 N–H and O–H groups in total. The summed E-state index contributed by atoms with van der Waals surface area (Å²) in [6.07, 6.45) is 0. The molecule has 0 saturated heterocycles. The van der Waals surface area contributed by atoms with Crippen molar-refractivity contribution in [2.75, 3.05) is 0 Å². The molecule has 0 amide bonds. The quantitative estimate of drug-likeness (QED) is 0.158. The second kappa shape index (κ2) is 8.86. The maximum Gasteiger partial charge on any atom is 0.0171 e. The first kappa shape index (κ1) is 23.1. The zero-order valence-electron chi connectivity index (χ0n) is 21.7. The van der Waals surface area contributed by atoms with Crippen molar-refractivity contribution in [1.29, 1.82) is 0 Å². The summed E-state index contributed by atoms with van der Waals surface area (Å²) in [6, 6.07) is 36.0. The predicted octanol–water partition coefficient (Wildman–Crippen LogP) is 10.7. The summed E-state index contributed by atoms with van der Waals surface area (Å²) in [4.78, 5) is 0. The van der Waals surface area contributed by atoms with E-state index in [1.165, 1.54) is 65.3 Å². The Kier molecular flexibility index (Phi) is 5.85. The summed E-state index contributed by atoms with van der Waals surface area (Å²) in [7, 11) is 0. The average Bonchev–Trinajstić information content (AvgIpc) is 3.17. The summed E-state index contributed by atoms with van der Waals surface area (Å²) in [5.74, 6) is 0. The van der Waals surface area contributed by atoms with Crippen LogP contribution in [0.3, 0.4) is 0 Å². The third kappa shape index (κ3) is 3.27. The minimum absolute atomic E-state index is 0.0731. The molecule has 1 aliphatic rings. The van der Waals surface area contributed by atoms with Crippen LogP contribution < -0.4 is 0 Å². The van der Waals surface area contributed by atoms with Gasteiger partial charge >= 0.3 is 0 Å². The van der Waals surface area contributed by atoms with E-state index in [0.29, 0.717) is 0 Å². The summed E-state index contributed by atoms with van der Waals surface area (Å²) in [6.45, 7) is 12.8. The van der Waals surface area contributed by atoms with E-state index in [1.807, 2.05) is 27.7 Å². The summed E-state index contributed by atoms with van der Waals surface area (Å²) in [5.41, 5.74) is 5.68. The average molecular weight is 455 g/mol. The maximum atomic E-state index is 2.41. The van der Waals surface area contributed by atoms with Crippen LogP contribution in [0.1, 0.15) is 52.7 Å². The van der Waals surface area contributed by atoms with Gasteiger partial charge in [0, 0.05) is 5.41 Å². The van der Waals surface area contributed by atoms with Gasteiger partial charge in [0.2, 0.25) is 0 Å². The lowest BCUT2D eigenvalue weighted by Crippen LogP contribution is -2.16. The van der Waals surface area contributed by atoms with Gasteiger partial charge < -0.3 is 0 Å². The molecular formula is C35H34. The lowest BCUT2D eigenvalue weighted by atomic mass is 9.77. The Balaban J connectivity index is 0.000000605. The molecule has 0 fully saturated rings. The van der Waals surface area contributed by atoms with Crippen molar-refractivity contribution in [3.8, 4) is 11.1 Å². The van der Waals surface area contributed by atoms with Crippen molar-refractivity contribution in [2.45, 2.75) is 47.0 Å². The topological polar surface area (TPSA) is 0 Å². The standard InChI is InChI=1S/C31H22.2C2H6/c1-31(2)29-26(16-15-21-17-19-9-3-4-10-20(19)18-27(21)29)28-24-13-7-5-11-22(24)23-12-6-8-14-25(23)30(28)31;2*1-2/h3-18H,1-2H3;2*1-2H3.